The molecule has 0 bridgehead atoms. The van der Waals surface area contributed by atoms with Crippen molar-refractivity contribution in [2.45, 2.75) is 31.7 Å². The van der Waals surface area contributed by atoms with Gasteiger partial charge in [-0.2, -0.15) is 4.98 Å². The SMILES string of the molecule is NNc1nc2cnc(Cl)nc2n(C2CCCC2)c1=O. The lowest BCUT2D eigenvalue weighted by Gasteiger charge is -2.16. The van der Waals surface area contributed by atoms with Crippen LogP contribution in [0.2, 0.25) is 5.28 Å². The van der Waals surface area contributed by atoms with E-state index in [1.54, 1.807) is 4.57 Å². The maximum Gasteiger partial charge on any atom is 0.296 e. The molecule has 19 heavy (non-hydrogen) atoms. The van der Waals surface area contributed by atoms with Gasteiger partial charge in [-0.15, -0.1) is 0 Å². The molecule has 0 aliphatic heterocycles. The normalized spacial score (nSPS) is 16.1. The van der Waals surface area contributed by atoms with Crippen molar-refractivity contribution in [3.05, 3.63) is 21.8 Å². The van der Waals surface area contributed by atoms with Gasteiger partial charge in [0.1, 0.15) is 5.52 Å². The Morgan fingerprint density at radius 3 is 2.79 bits per heavy atom. The fourth-order valence-corrected chi connectivity index (χ4v) is 2.70. The minimum atomic E-state index is -0.267. The molecule has 1 aliphatic carbocycles. The number of nitrogens with zero attached hydrogens (tertiary/aromatic N) is 4. The predicted molar refractivity (Wildman–Crippen MR) is 71.9 cm³/mol. The second kappa shape index (κ2) is 4.75. The molecule has 100 valence electrons. The van der Waals surface area contributed by atoms with Crippen LogP contribution in [0.15, 0.2) is 11.0 Å². The monoisotopic (exact) mass is 280 g/mol. The molecule has 1 fully saturated rings. The number of halogens is 1. The molecular formula is C11H13ClN6O. The first-order chi connectivity index (χ1) is 9.20. The molecule has 7 nitrogen and oxygen atoms in total. The van der Waals surface area contributed by atoms with E-state index in [0.717, 1.165) is 25.7 Å². The summed E-state index contributed by atoms with van der Waals surface area (Å²) in [5.74, 6) is 5.45. The highest BCUT2D eigenvalue weighted by atomic mass is 35.5. The molecular weight excluding hydrogens is 268 g/mol. The highest BCUT2D eigenvalue weighted by Gasteiger charge is 2.23. The number of anilines is 1. The Kier molecular flexibility index (Phi) is 3.08. The number of fused-ring (bicyclic) bond motifs is 1. The number of nitrogens with one attached hydrogen (secondary N) is 1. The van der Waals surface area contributed by atoms with E-state index in [-0.39, 0.29) is 22.7 Å². The van der Waals surface area contributed by atoms with Crippen molar-refractivity contribution in [2.75, 3.05) is 5.43 Å². The number of nitrogen functional groups attached to an aromatic ring is 1. The minimum absolute atomic E-state index is 0.102. The summed E-state index contributed by atoms with van der Waals surface area (Å²) in [7, 11) is 0. The highest BCUT2D eigenvalue weighted by Crippen LogP contribution is 2.30. The van der Waals surface area contributed by atoms with E-state index in [9.17, 15) is 4.79 Å². The van der Waals surface area contributed by atoms with Gasteiger partial charge in [0.25, 0.3) is 5.56 Å². The van der Waals surface area contributed by atoms with Crippen LogP contribution in [0.3, 0.4) is 0 Å². The molecule has 2 heterocycles. The molecule has 0 unspecified atom stereocenters. The van der Waals surface area contributed by atoms with Crippen LogP contribution in [-0.4, -0.2) is 19.5 Å². The number of rotatable bonds is 2. The zero-order valence-corrected chi connectivity index (χ0v) is 10.9. The Morgan fingerprint density at radius 2 is 2.11 bits per heavy atom. The lowest BCUT2D eigenvalue weighted by Crippen LogP contribution is -2.30. The van der Waals surface area contributed by atoms with Crippen LogP contribution in [0.4, 0.5) is 5.82 Å². The topological polar surface area (TPSA) is 98.7 Å². The molecule has 1 saturated carbocycles. The van der Waals surface area contributed by atoms with Crippen molar-refractivity contribution in [3.63, 3.8) is 0 Å². The smallest absolute Gasteiger partial charge is 0.296 e. The third kappa shape index (κ3) is 2.04. The number of hydrogen-bond donors (Lipinski definition) is 2. The van der Waals surface area contributed by atoms with Crippen LogP contribution in [-0.2, 0) is 0 Å². The minimum Gasteiger partial charge on any atom is -0.304 e. The Balaban J connectivity index is 2.33. The van der Waals surface area contributed by atoms with Gasteiger partial charge < -0.3 is 5.43 Å². The summed E-state index contributed by atoms with van der Waals surface area (Å²) < 4.78 is 1.64. The molecule has 2 aromatic heterocycles. The second-order valence-corrected chi connectivity index (χ2v) is 4.90. The Labute approximate surface area is 113 Å². The largest absolute Gasteiger partial charge is 0.304 e. The third-order valence-electron chi connectivity index (χ3n) is 3.43. The molecule has 2 aromatic rings. The Bertz CT molecular complexity index is 679. The van der Waals surface area contributed by atoms with Gasteiger partial charge in [0.15, 0.2) is 5.65 Å². The zero-order valence-electron chi connectivity index (χ0n) is 10.1. The van der Waals surface area contributed by atoms with Crippen molar-refractivity contribution in [1.82, 2.24) is 19.5 Å². The van der Waals surface area contributed by atoms with Gasteiger partial charge in [-0.05, 0) is 24.4 Å². The molecule has 0 amide bonds. The van der Waals surface area contributed by atoms with Crippen LogP contribution in [0.25, 0.3) is 11.2 Å². The van der Waals surface area contributed by atoms with Crippen molar-refractivity contribution in [2.24, 2.45) is 5.84 Å². The molecule has 3 rings (SSSR count). The standard InChI is InChI=1S/C11H13ClN6O/c12-11-14-5-7-9(16-11)18(6-3-1-2-4-6)10(19)8(15-7)17-13/h5-6H,1-4,13H2,(H,15,17). The summed E-state index contributed by atoms with van der Waals surface area (Å²) in [5.41, 5.74) is 3.04. The molecule has 3 N–H and O–H groups in total. The van der Waals surface area contributed by atoms with Crippen LogP contribution in [0.5, 0.6) is 0 Å². The van der Waals surface area contributed by atoms with E-state index < -0.39 is 0 Å². The number of nitrogens with two attached hydrogens (primary N) is 1. The molecule has 0 spiro atoms. The van der Waals surface area contributed by atoms with Crippen LogP contribution >= 0.6 is 11.6 Å². The summed E-state index contributed by atoms with van der Waals surface area (Å²) in [4.78, 5) is 24.5. The van der Waals surface area contributed by atoms with Gasteiger partial charge >= 0.3 is 0 Å². The van der Waals surface area contributed by atoms with E-state index in [2.05, 4.69) is 20.4 Å². The number of hydrogen-bond acceptors (Lipinski definition) is 6. The predicted octanol–water partition coefficient (Wildman–Crippen LogP) is 1.24. The summed E-state index contributed by atoms with van der Waals surface area (Å²) in [6.07, 6.45) is 5.60. The lowest BCUT2D eigenvalue weighted by molar-refractivity contribution is 0.514. The van der Waals surface area contributed by atoms with Crippen LogP contribution < -0.4 is 16.8 Å². The summed E-state index contributed by atoms with van der Waals surface area (Å²) in [5, 5.41) is 0.105. The van der Waals surface area contributed by atoms with E-state index in [0.29, 0.717) is 11.2 Å². The summed E-state index contributed by atoms with van der Waals surface area (Å²) in [6.45, 7) is 0. The van der Waals surface area contributed by atoms with E-state index in [1.807, 2.05) is 0 Å². The van der Waals surface area contributed by atoms with Crippen molar-refractivity contribution in [3.8, 4) is 0 Å². The third-order valence-corrected chi connectivity index (χ3v) is 3.61. The maximum absolute atomic E-state index is 12.4. The summed E-state index contributed by atoms with van der Waals surface area (Å²) >= 11 is 5.82. The van der Waals surface area contributed by atoms with Gasteiger partial charge in [-0.3, -0.25) is 9.36 Å². The van der Waals surface area contributed by atoms with Gasteiger partial charge in [0.05, 0.1) is 6.20 Å². The van der Waals surface area contributed by atoms with Crippen molar-refractivity contribution < 1.29 is 0 Å². The molecule has 0 saturated heterocycles. The molecule has 0 radical (unpaired) electrons. The van der Waals surface area contributed by atoms with Crippen molar-refractivity contribution in [1.29, 1.82) is 0 Å². The zero-order chi connectivity index (χ0) is 13.4. The second-order valence-electron chi connectivity index (χ2n) is 4.57. The first-order valence-electron chi connectivity index (χ1n) is 6.12. The van der Waals surface area contributed by atoms with E-state index in [4.69, 9.17) is 17.4 Å². The molecule has 0 aromatic carbocycles. The average Bonchev–Trinajstić information content (AvgIpc) is 2.91. The fourth-order valence-electron chi connectivity index (χ4n) is 2.58. The van der Waals surface area contributed by atoms with Gasteiger partial charge in [-0.25, -0.2) is 15.8 Å². The Morgan fingerprint density at radius 1 is 1.37 bits per heavy atom. The Hall–Kier alpha value is -1.73. The van der Waals surface area contributed by atoms with Crippen LogP contribution in [0.1, 0.15) is 31.7 Å². The maximum atomic E-state index is 12.4. The number of hydrazine groups is 1. The average molecular weight is 281 g/mol. The van der Waals surface area contributed by atoms with Crippen LogP contribution in [0, 0.1) is 0 Å². The first-order valence-corrected chi connectivity index (χ1v) is 6.50. The van der Waals surface area contributed by atoms with Crippen molar-refractivity contribution >= 4 is 28.6 Å². The summed E-state index contributed by atoms with van der Waals surface area (Å²) in [6, 6.07) is 0.121. The highest BCUT2D eigenvalue weighted by molar-refractivity contribution is 6.28. The lowest BCUT2D eigenvalue weighted by atomic mass is 10.2. The van der Waals surface area contributed by atoms with Gasteiger partial charge in [0, 0.05) is 6.04 Å². The molecule has 8 heteroatoms. The van der Waals surface area contributed by atoms with E-state index >= 15 is 0 Å². The molecule has 0 atom stereocenters. The van der Waals surface area contributed by atoms with Gasteiger partial charge in [0.2, 0.25) is 11.1 Å². The molecule has 1 aliphatic rings. The number of aromatic nitrogens is 4. The first kappa shape index (κ1) is 12.3. The quantitative estimate of drug-likeness (QED) is 0.488. The van der Waals surface area contributed by atoms with E-state index in [1.165, 1.54) is 6.20 Å². The van der Waals surface area contributed by atoms with Gasteiger partial charge in [-0.1, -0.05) is 12.8 Å². The fraction of sp³-hybridized carbons (Fsp3) is 0.455.